The fourth-order valence-electron chi connectivity index (χ4n) is 4.14. The lowest BCUT2D eigenvalue weighted by Gasteiger charge is -2.31. The number of amides is 1. The molecular weight excluding hydrogens is 362 g/mol. The van der Waals surface area contributed by atoms with Gasteiger partial charge in [-0.3, -0.25) is 9.69 Å². The van der Waals surface area contributed by atoms with Gasteiger partial charge in [-0.15, -0.1) is 0 Å². The fraction of sp³-hybridized carbons (Fsp3) is 0.650. The molecule has 0 aromatic heterocycles. The molecule has 2 fully saturated rings. The van der Waals surface area contributed by atoms with Gasteiger partial charge in [0, 0.05) is 31.6 Å². The van der Waals surface area contributed by atoms with Crippen LogP contribution in [-0.4, -0.2) is 68.6 Å². The third-order valence-electron chi connectivity index (χ3n) is 5.78. The summed E-state index contributed by atoms with van der Waals surface area (Å²) in [5.41, 5.74) is 1.30. The van der Waals surface area contributed by atoms with Crippen LogP contribution in [0.15, 0.2) is 30.3 Å². The summed E-state index contributed by atoms with van der Waals surface area (Å²) in [6, 6.07) is 10.8. The highest BCUT2D eigenvalue weighted by molar-refractivity contribution is 7.88. The van der Waals surface area contributed by atoms with Gasteiger partial charge in [-0.25, -0.2) is 12.7 Å². The minimum absolute atomic E-state index is 0.0698. The van der Waals surface area contributed by atoms with E-state index in [4.69, 9.17) is 0 Å². The number of nitrogens with zero attached hydrogens (tertiary/aromatic N) is 2. The molecule has 2 heterocycles. The van der Waals surface area contributed by atoms with E-state index in [1.54, 1.807) is 0 Å². The van der Waals surface area contributed by atoms with Crippen molar-refractivity contribution in [3.8, 4) is 0 Å². The molecule has 1 atom stereocenters. The maximum atomic E-state index is 12.6. The van der Waals surface area contributed by atoms with Crippen molar-refractivity contribution in [3.63, 3.8) is 0 Å². The second-order valence-corrected chi connectivity index (χ2v) is 9.75. The molecule has 1 N–H and O–H groups in total. The number of nitrogens with one attached hydrogen (secondary N) is 1. The number of sulfonamides is 1. The SMILES string of the molecule is CS(=O)(=O)N1CCC(C(=O)NCC(Cc2ccccc2)N2CCCC2)CC1. The van der Waals surface area contributed by atoms with Crippen molar-refractivity contribution in [1.82, 2.24) is 14.5 Å². The predicted octanol–water partition coefficient (Wildman–Crippen LogP) is 1.48. The van der Waals surface area contributed by atoms with Crippen LogP contribution in [0.2, 0.25) is 0 Å². The number of hydrogen-bond acceptors (Lipinski definition) is 4. The van der Waals surface area contributed by atoms with E-state index in [0.717, 1.165) is 19.5 Å². The average Bonchev–Trinajstić information content (AvgIpc) is 3.20. The zero-order valence-corrected chi connectivity index (χ0v) is 17.0. The van der Waals surface area contributed by atoms with Gasteiger partial charge in [0.2, 0.25) is 15.9 Å². The van der Waals surface area contributed by atoms with Gasteiger partial charge >= 0.3 is 0 Å². The van der Waals surface area contributed by atoms with Crippen molar-refractivity contribution in [2.75, 3.05) is 39.0 Å². The highest BCUT2D eigenvalue weighted by atomic mass is 32.2. The number of carbonyl (C=O) groups is 1. The Kier molecular flexibility index (Phi) is 6.89. The van der Waals surface area contributed by atoms with Crippen LogP contribution in [0.4, 0.5) is 0 Å². The highest BCUT2D eigenvalue weighted by Crippen LogP contribution is 2.20. The van der Waals surface area contributed by atoms with E-state index < -0.39 is 10.0 Å². The Morgan fingerprint density at radius 1 is 1.11 bits per heavy atom. The van der Waals surface area contributed by atoms with Gasteiger partial charge in [0.15, 0.2) is 0 Å². The average molecular weight is 394 g/mol. The van der Waals surface area contributed by atoms with Crippen LogP contribution in [0.25, 0.3) is 0 Å². The zero-order chi connectivity index (χ0) is 19.3. The first kappa shape index (κ1) is 20.3. The summed E-state index contributed by atoms with van der Waals surface area (Å²) in [6.45, 7) is 3.73. The predicted molar refractivity (Wildman–Crippen MR) is 107 cm³/mol. The molecule has 150 valence electrons. The summed E-state index contributed by atoms with van der Waals surface area (Å²) in [5.74, 6) is -0.0145. The van der Waals surface area contributed by atoms with Crippen molar-refractivity contribution in [2.24, 2.45) is 5.92 Å². The molecule has 1 unspecified atom stereocenters. The van der Waals surface area contributed by atoms with Crippen molar-refractivity contribution in [3.05, 3.63) is 35.9 Å². The number of rotatable bonds is 7. The molecular formula is C20H31N3O3S. The number of likely N-dealkylation sites (tertiary alicyclic amines) is 1. The number of piperidine rings is 1. The molecule has 0 bridgehead atoms. The smallest absolute Gasteiger partial charge is 0.223 e. The third-order valence-corrected chi connectivity index (χ3v) is 7.08. The van der Waals surface area contributed by atoms with Crippen LogP contribution < -0.4 is 5.32 Å². The first-order valence-corrected chi connectivity index (χ1v) is 11.8. The lowest BCUT2D eigenvalue weighted by molar-refractivity contribution is -0.126. The van der Waals surface area contributed by atoms with Crippen LogP contribution in [0, 0.1) is 5.92 Å². The molecule has 0 spiro atoms. The number of carbonyl (C=O) groups excluding carboxylic acids is 1. The third kappa shape index (κ3) is 5.77. The maximum Gasteiger partial charge on any atom is 0.223 e. The lowest BCUT2D eigenvalue weighted by Crippen LogP contribution is -2.47. The summed E-state index contributed by atoms with van der Waals surface area (Å²) >= 11 is 0. The fourth-order valence-corrected chi connectivity index (χ4v) is 5.01. The van der Waals surface area contributed by atoms with Gasteiger partial charge in [-0.05, 0) is 50.8 Å². The summed E-state index contributed by atoms with van der Waals surface area (Å²) in [5, 5.41) is 3.15. The Labute approximate surface area is 163 Å². The molecule has 1 amide bonds. The van der Waals surface area contributed by atoms with Crippen molar-refractivity contribution in [1.29, 1.82) is 0 Å². The molecule has 2 saturated heterocycles. The molecule has 2 aliphatic rings. The van der Waals surface area contributed by atoms with Crippen LogP contribution in [0.5, 0.6) is 0 Å². The van der Waals surface area contributed by atoms with Gasteiger partial charge in [0.1, 0.15) is 0 Å². The molecule has 1 aromatic rings. The molecule has 7 heteroatoms. The Morgan fingerprint density at radius 2 is 1.74 bits per heavy atom. The molecule has 27 heavy (non-hydrogen) atoms. The van der Waals surface area contributed by atoms with Gasteiger partial charge in [-0.1, -0.05) is 30.3 Å². The van der Waals surface area contributed by atoms with Crippen LogP contribution in [-0.2, 0) is 21.2 Å². The molecule has 1 aromatic carbocycles. The van der Waals surface area contributed by atoms with Gasteiger partial charge in [0.05, 0.1) is 6.26 Å². The Balaban J connectivity index is 1.53. The van der Waals surface area contributed by atoms with E-state index >= 15 is 0 Å². The maximum absolute atomic E-state index is 12.6. The summed E-state index contributed by atoms with van der Waals surface area (Å²) in [7, 11) is -3.15. The minimum Gasteiger partial charge on any atom is -0.354 e. The summed E-state index contributed by atoms with van der Waals surface area (Å²) < 4.78 is 24.7. The van der Waals surface area contributed by atoms with Crippen molar-refractivity contribution < 1.29 is 13.2 Å². The standard InChI is InChI=1S/C20H31N3O3S/c1-27(25,26)23-13-9-18(10-14-23)20(24)21-16-19(22-11-5-6-12-22)15-17-7-3-2-4-8-17/h2-4,7-8,18-19H,5-6,9-16H2,1H3,(H,21,24). The Hall–Kier alpha value is -1.44. The van der Waals surface area contributed by atoms with E-state index in [0.29, 0.717) is 38.5 Å². The second-order valence-electron chi connectivity index (χ2n) is 7.77. The quantitative estimate of drug-likeness (QED) is 0.762. The topological polar surface area (TPSA) is 69.7 Å². The monoisotopic (exact) mass is 393 g/mol. The number of benzene rings is 1. The van der Waals surface area contributed by atoms with Gasteiger partial charge in [0.25, 0.3) is 0 Å². The van der Waals surface area contributed by atoms with Crippen LogP contribution in [0.3, 0.4) is 0 Å². The van der Waals surface area contributed by atoms with Crippen LogP contribution >= 0.6 is 0 Å². The molecule has 6 nitrogen and oxygen atoms in total. The van der Waals surface area contributed by atoms with E-state index in [-0.39, 0.29) is 11.8 Å². The minimum atomic E-state index is -3.15. The summed E-state index contributed by atoms with van der Waals surface area (Å²) in [4.78, 5) is 15.1. The van der Waals surface area contributed by atoms with E-state index in [1.807, 2.05) is 6.07 Å². The van der Waals surface area contributed by atoms with E-state index in [9.17, 15) is 13.2 Å². The first-order valence-electron chi connectivity index (χ1n) is 9.94. The molecule has 0 saturated carbocycles. The van der Waals surface area contributed by atoms with E-state index in [2.05, 4.69) is 34.5 Å². The number of hydrogen-bond donors (Lipinski definition) is 1. The first-order chi connectivity index (χ1) is 12.9. The second kappa shape index (κ2) is 9.17. The molecule has 0 aliphatic carbocycles. The largest absolute Gasteiger partial charge is 0.354 e. The van der Waals surface area contributed by atoms with Gasteiger partial charge in [-0.2, -0.15) is 0 Å². The molecule has 3 rings (SSSR count). The highest BCUT2D eigenvalue weighted by Gasteiger charge is 2.30. The zero-order valence-electron chi connectivity index (χ0n) is 16.1. The van der Waals surface area contributed by atoms with E-state index in [1.165, 1.54) is 29.0 Å². The Morgan fingerprint density at radius 3 is 2.33 bits per heavy atom. The van der Waals surface area contributed by atoms with Crippen LogP contribution in [0.1, 0.15) is 31.2 Å². The van der Waals surface area contributed by atoms with Crippen molar-refractivity contribution >= 4 is 15.9 Å². The van der Waals surface area contributed by atoms with Gasteiger partial charge < -0.3 is 5.32 Å². The normalized spacial score (nSPS) is 21.2. The summed E-state index contributed by atoms with van der Waals surface area (Å²) in [6.07, 6.45) is 5.83. The van der Waals surface area contributed by atoms with Crippen molar-refractivity contribution in [2.45, 2.75) is 38.1 Å². The Bertz CT molecular complexity index is 709. The molecule has 0 radical (unpaired) electrons. The molecule has 2 aliphatic heterocycles. The lowest BCUT2D eigenvalue weighted by atomic mass is 9.97.